The number of amides is 3. The van der Waals surface area contributed by atoms with Crippen molar-refractivity contribution in [2.75, 3.05) is 45.2 Å². The summed E-state index contributed by atoms with van der Waals surface area (Å²) in [5, 5.41) is 2.12. The van der Waals surface area contributed by atoms with Gasteiger partial charge in [0.15, 0.2) is 6.29 Å². The van der Waals surface area contributed by atoms with Gasteiger partial charge in [-0.2, -0.15) is 0 Å². The molecule has 1 heterocycles. The number of hydrogen-bond donors (Lipinski definition) is 1. The molecular formula is C20H28N4O4. The van der Waals surface area contributed by atoms with Crippen LogP contribution >= 0.6 is 0 Å². The lowest BCUT2D eigenvalue weighted by molar-refractivity contribution is -0.128. The van der Waals surface area contributed by atoms with E-state index in [4.69, 9.17) is 0 Å². The van der Waals surface area contributed by atoms with Crippen LogP contribution in [0.4, 0.5) is 5.69 Å². The number of carbonyl (C=O) groups is 4. The minimum absolute atomic E-state index is 0.258. The summed E-state index contributed by atoms with van der Waals surface area (Å²) in [6.07, 6.45) is 2.09. The molecular weight excluding hydrogens is 360 g/mol. The third-order valence-corrected chi connectivity index (χ3v) is 5.13. The zero-order chi connectivity index (χ0) is 20.7. The quantitative estimate of drug-likeness (QED) is 0.662. The second kappa shape index (κ2) is 9.98. The van der Waals surface area contributed by atoms with Gasteiger partial charge < -0.3 is 14.7 Å². The van der Waals surface area contributed by atoms with E-state index in [1.807, 2.05) is 20.0 Å². The van der Waals surface area contributed by atoms with E-state index in [1.165, 1.54) is 11.9 Å². The van der Waals surface area contributed by atoms with Gasteiger partial charge in [-0.3, -0.25) is 24.5 Å². The fraction of sp³-hybridized carbons (Fsp3) is 0.500. The molecule has 1 N–H and O–H groups in total. The molecule has 1 saturated heterocycles. The number of hydrogen-bond acceptors (Lipinski definition) is 6. The Kier molecular flexibility index (Phi) is 7.69. The molecule has 0 bridgehead atoms. The molecule has 0 aliphatic carbocycles. The summed E-state index contributed by atoms with van der Waals surface area (Å²) in [4.78, 5) is 53.4. The largest absolute Gasteiger partial charge is 0.368 e. The predicted octanol–water partition coefficient (Wildman–Crippen LogP) is 0.764. The van der Waals surface area contributed by atoms with Crippen molar-refractivity contribution in [3.05, 3.63) is 29.3 Å². The van der Waals surface area contributed by atoms with Crippen molar-refractivity contribution in [2.45, 2.75) is 25.8 Å². The number of benzene rings is 1. The Balaban J connectivity index is 2.33. The molecule has 1 fully saturated rings. The van der Waals surface area contributed by atoms with E-state index in [9.17, 15) is 19.2 Å². The molecule has 0 radical (unpaired) electrons. The van der Waals surface area contributed by atoms with Gasteiger partial charge in [-0.25, -0.2) is 0 Å². The third kappa shape index (κ3) is 4.75. The van der Waals surface area contributed by atoms with Crippen LogP contribution in [0.2, 0.25) is 0 Å². The van der Waals surface area contributed by atoms with Crippen LogP contribution in [-0.4, -0.2) is 80.6 Å². The van der Waals surface area contributed by atoms with E-state index in [0.717, 1.165) is 31.9 Å². The molecule has 28 heavy (non-hydrogen) atoms. The van der Waals surface area contributed by atoms with Crippen molar-refractivity contribution in [1.29, 1.82) is 0 Å². The van der Waals surface area contributed by atoms with Gasteiger partial charge in [-0.1, -0.05) is 19.4 Å². The van der Waals surface area contributed by atoms with E-state index >= 15 is 0 Å². The maximum absolute atomic E-state index is 13.1. The molecule has 3 amide bonds. The van der Waals surface area contributed by atoms with Crippen molar-refractivity contribution >= 4 is 30.2 Å². The maximum Gasteiger partial charge on any atom is 0.255 e. The smallest absolute Gasteiger partial charge is 0.255 e. The van der Waals surface area contributed by atoms with Gasteiger partial charge in [0.05, 0.1) is 11.1 Å². The molecule has 152 valence electrons. The molecule has 8 nitrogen and oxygen atoms in total. The predicted molar refractivity (Wildman–Crippen MR) is 107 cm³/mol. The normalized spacial score (nSPS) is 15.6. The first kappa shape index (κ1) is 21.6. The van der Waals surface area contributed by atoms with Crippen molar-refractivity contribution in [3.63, 3.8) is 0 Å². The average Bonchev–Trinajstić information content (AvgIpc) is 2.71. The van der Waals surface area contributed by atoms with Gasteiger partial charge in [-0.05, 0) is 25.6 Å². The molecule has 2 rings (SSSR count). The molecule has 1 unspecified atom stereocenters. The first-order chi connectivity index (χ1) is 13.4. The Morgan fingerprint density at radius 3 is 2.46 bits per heavy atom. The Hall–Kier alpha value is -2.74. The standard InChI is InChI=1S/C20H28N4O4/c1-4-6-18(19(27)21-14-26)23(3)20(28)15-7-5-8-17(16(15)13-25)24-11-9-22(2)10-12-24/h5,7-8,13-14,18H,4,6,9-12H2,1-3H3,(H,21,26,27). The van der Waals surface area contributed by atoms with Crippen molar-refractivity contribution in [1.82, 2.24) is 15.1 Å². The lowest BCUT2D eigenvalue weighted by atomic mass is 10.0. The number of aldehydes is 1. The van der Waals surface area contributed by atoms with Gasteiger partial charge in [0, 0.05) is 38.9 Å². The summed E-state index contributed by atoms with van der Waals surface area (Å²) in [7, 11) is 3.56. The van der Waals surface area contributed by atoms with Gasteiger partial charge >= 0.3 is 0 Å². The molecule has 1 aromatic carbocycles. The van der Waals surface area contributed by atoms with Crippen LogP contribution in [0.5, 0.6) is 0 Å². The highest BCUT2D eigenvalue weighted by molar-refractivity contribution is 6.06. The van der Waals surface area contributed by atoms with E-state index in [2.05, 4.69) is 15.1 Å². The third-order valence-electron chi connectivity index (χ3n) is 5.13. The van der Waals surface area contributed by atoms with Crippen molar-refractivity contribution < 1.29 is 19.2 Å². The second-order valence-corrected chi connectivity index (χ2v) is 6.99. The number of nitrogens with zero attached hydrogens (tertiary/aromatic N) is 3. The topological polar surface area (TPSA) is 90.0 Å². The molecule has 1 atom stereocenters. The molecule has 0 aromatic heterocycles. The van der Waals surface area contributed by atoms with E-state index in [0.29, 0.717) is 31.1 Å². The molecule has 0 spiro atoms. The lowest BCUT2D eigenvalue weighted by Gasteiger charge is -2.35. The Bertz CT molecular complexity index is 729. The minimum Gasteiger partial charge on any atom is -0.368 e. The second-order valence-electron chi connectivity index (χ2n) is 6.99. The molecule has 1 aliphatic rings. The van der Waals surface area contributed by atoms with E-state index < -0.39 is 17.9 Å². The van der Waals surface area contributed by atoms with Crippen LogP contribution in [0.25, 0.3) is 0 Å². The lowest BCUT2D eigenvalue weighted by Crippen LogP contribution is -2.48. The Morgan fingerprint density at radius 2 is 1.89 bits per heavy atom. The SMILES string of the molecule is CCCC(C(=O)NC=O)N(C)C(=O)c1cccc(N2CCN(C)CC2)c1C=O. The molecule has 0 saturated carbocycles. The Morgan fingerprint density at radius 1 is 1.21 bits per heavy atom. The van der Waals surface area contributed by atoms with Crippen LogP contribution in [-0.2, 0) is 9.59 Å². The summed E-state index contributed by atoms with van der Waals surface area (Å²) in [5.74, 6) is -0.951. The number of likely N-dealkylation sites (N-methyl/N-ethyl adjacent to an activating group) is 2. The Labute approximate surface area is 165 Å². The fourth-order valence-electron chi connectivity index (χ4n) is 3.45. The van der Waals surface area contributed by atoms with Crippen LogP contribution in [0.15, 0.2) is 18.2 Å². The van der Waals surface area contributed by atoms with Crippen molar-refractivity contribution in [2.24, 2.45) is 0 Å². The molecule has 1 aliphatic heterocycles. The fourth-order valence-corrected chi connectivity index (χ4v) is 3.45. The number of nitrogens with one attached hydrogen (secondary N) is 1. The zero-order valence-electron chi connectivity index (χ0n) is 16.7. The summed E-state index contributed by atoms with van der Waals surface area (Å²) in [6.45, 7) is 5.18. The minimum atomic E-state index is -0.783. The average molecular weight is 388 g/mol. The first-order valence-corrected chi connectivity index (χ1v) is 9.47. The molecule has 8 heteroatoms. The van der Waals surface area contributed by atoms with Crippen LogP contribution in [0.3, 0.4) is 0 Å². The molecule has 1 aromatic rings. The van der Waals surface area contributed by atoms with Gasteiger partial charge in [-0.15, -0.1) is 0 Å². The monoisotopic (exact) mass is 388 g/mol. The van der Waals surface area contributed by atoms with E-state index in [-0.39, 0.29) is 5.56 Å². The van der Waals surface area contributed by atoms with Crippen LogP contribution in [0, 0.1) is 0 Å². The number of carbonyl (C=O) groups excluding carboxylic acids is 4. The maximum atomic E-state index is 13.1. The highest BCUT2D eigenvalue weighted by Gasteiger charge is 2.29. The van der Waals surface area contributed by atoms with Gasteiger partial charge in [0.25, 0.3) is 5.91 Å². The summed E-state index contributed by atoms with van der Waals surface area (Å²) >= 11 is 0. The summed E-state index contributed by atoms with van der Waals surface area (Å²) in [6, 6.07) is 4.41. The van der Waals surface area contributed by atoms with Gasteiger partial charge in [0.2, 0.25) is 12.3 Å². The van der Waals surface area contributed by atoms with Crippen LogP contribution < -0.4 is 10.2 Å². The van der Waals surface area contributed by atoms with Crippen LogP contribution in [0.1, 0.15) is 40.5 Å². The summed E-state index contributed by atoms with van der Waals surface area (Å²) < 4.78 is 0. The number of anilines is 1. The zero-order valence-corrected chi connectivity index (χ0v) is 16.7. The highest BCUT2D eigenvalue weighted by atomic mass is 16.2. The number of rotatable bonds is 8. The van der Waals surface area contributed by atoms with E-state index in [1.54, 1.807) is 12.1 Å². The van der Waals surface area contributed by atoms with Gasteiger partial charge in [0.1, 0.15) is 6.04 Å². The first-order valence-electron chi connectivity index (χ1n) is 9.47. The van der Waals surface area contributed by atoms with Crippen molar-refractivity contribution in [3.8, 4) is 0 Å². The number of piperazine rings is 1. The number of imide groups is 1. The summed E-state index contributed by atoms with van der Waals surface area (Å²) in [5.41, 5.74) is 1.32. The highest BCUT2D eigenvalue weighted by Crippen LogP contribution is 2.25.